The molecule has 1 unspecified atom stereocenters. The molecule has 2 aromatic rings. The third kappa shape index (κ3) is 3.75. The van der Waals surface area contributed by atoms with Crippen molar-refractivity contribution in [3.8, 4) is 11.5 Å². The molecule has 1 heterocycles. The molecule has 0 radical (unpaired) electrons. The number of β-amino-alcohol motifs (C(OH)–C–C–N with tert-alkyl or cyclic N) is 1. The zero-order valence-electron chi connectivity index (χ0n) is 16.5. The molecule has 4 atom stereocenters. The van der Waals surface area contributed by atoms with Crippen LogP contribution in [0.4, 0.5) is 0 Å². The molecule has 0 amide bonds. The Balaban J connectivity index is 1.38. The summed E-state index contributed by atoms with van der Waals surface area (Å²) in [5, 5.41) is 21.9. The highest BCUT2D eigenvalue weighted by molar-refractivity contribution is 5.34. The van der Waals surface area contributed by atoms with Gasteiger partial charge >= 0.3 is 0 Å². The molecule has 4 rings (SSSR count). The predicted molar refractivity (Wildman–Crippen MR) is 107 cm³/mol. The molecule has 1 saturated heterocycles. The molecule has 2 fully saturated rings. The minimum absolute atomic E-state index is 0.453. The van der Waals surface area contributed by atoms with Gasteiger partial charge in [-0.2, -0.15) is 0 Å². The van der Waals surface area contributed by atoms with Gasteiger partial charge in [-0.1, -0.05) is 24.3 Å². The minimum Gasteiger partial charge on any atom is -0.497 e. The zero-order chi connectivity index (χ0) is 19.7. The highest BCUT2D eigenvalue weighted by Crippen LogP contribution is 2.49. The third-order valence-corrected chi connectivity index (χ3v) is 6.37. The summed E-state index contributed by atoms with van der Waals surface area (Å²) in [6.07, 6.45) is 0.985. The Morgan fingerprint density at radius 2 is 1.61 bits per heavy atom. The molecule has 1 aliphatic carbocycles. The number of hydrogen-bond acceptors (Lipinski definition) is 5. The molecule has 5 nitrogen and oxygen atoms in total. The number of aliphatic hydroxyl groups is 2. The van der Waals surface area contributed by atoms with Crippen LogP contribution in [-0.2, 0) is 5.60 Å². The molecular weight excluding hydrogens is 354 g/mol. The Bertz CT molecular complexity index is 810. The van der Waals surface area contributed by atoms with Gasteiger partial charge in [0.25, 0.3) is 0 Å². The number of fused-ring (bicyclic) bond motifs is 1. The van der Waals surface area contributed by atoms with Crippen molar-refractivity contribution in [1.29, 1.82) is 0 Å². The molecule has 0 bridgehead atoms. The van der Waals surface area contributed by atoms with Crippen molar-refractivity contribution < 1.29 is 19.7 Å². The quantitative estimate of drug-likeness (QED) is 0.803. The van der Waals surface area contributed by atoms with E-state index in [2.05, 4.69) is 4.90 Å². The zero-order valence-corrected chi connectivity index (χ0v) is 16.5. The second kappa shape index (κ2) is 7.74. The summed E-state index contributed by atoms with van der Waals surface area (Å²) in [4.78, 5) is 2.32. The summed E-state index contributed by atoms with van der Waals surface area (Å²) in [7, 11) is 3.29. The normalized spacial score (nSPS) is 28.1. The maximum Gasteiger partial charge on any atom is 0.119 e. The molecule has 28 heavy (non-hydrogen) atoms. The number of nitrogens with zero attached hydrogens (tertiary/aromatic N) is 1. The van der Waals surface area contributed by atoms with Crippen molar-refractivity contribution in [2.45, 2.75) is 24.5 Å². The first-order valence-electron chi connectivity index (χ1n) is 9.92. The van der Waals surface area contributed by atoms with Crippen molar-refractivity contribution in [2.75, 3.05) is 33.9 Å². The van der Waals surface area contributed by atoms with Crippen molar-refractivity contribution in [3.05, 3.63) is 59.7 Å². The van der Waals surface area contributed by atoms with E-state index in [4.69, 9.17) is 9.47 Å². The molecule has 1 aliphatic heterocycles. The SMILES string of the molecule is COc1cccc(C(O)CN2C[C@@H]3C[C@@](O)(c4cccc(OC)c4)C[C@@H]3C2)c1. The Hall–Kier alpha value is -2.08. The van der Waals surface area contributed by atoms with Crippen molar-refractivity contribution >= 4 is 0 Å². The van der Waals surface area contributed by atoms with Crippen molar-refractivity contribution in [3.63, 3.8) is 0 Å². The summed E-state index contributed by atoms with van der Waals surface area (Å²) < 4.78 is 10.6. The van der Waals surface area contributed by atoms with E-state index in [0.717, 1.165) is 48.6 Å². The predicted octanol–water partition coefficient (Wildman–Crippen LogP) is 2.97. The Kier molecular flexibility index (Phi) is 5.32. The Labute approximate surface area is 166 Å². The summed E-state index contributed by atoms with van der Waals surface area (Å²) in [6, 6.07) is 15.4. The van der Waals surface area contributed by atoms with Gasteiger partial charge in [-0.15, -0.1) is 0 Å². The van der Waals surface area contributed by atoms with E-state index >= 15 is 0 Å². The van der Waals surface area contributed by atoms with E-state index in [-0.39, 0.29) is 0 Å². The summed E-state index contributed by atoms with van der Waals surface area (Å²) in [6.45, 7) is 2.44. The first-order chi connectivity index (χ1) is 13.5. The van der Waals surface area contributed by atoms with E-state index in [1.54, 1.807) is 14.2 Å². The van der Waals surface area contributed by atoms with Crippen LogP contribution in [0.1, 0.15) is 30.1 Å². The number of hydrogen-bond donors (Lipinski definition) is 2. The van der Waals surface area contributed by atoms with Crippen molar-refractivity contribution in [2.24, 2.45) is 11.8 Å². The van der Waals surface area contributed by atoms with Crippen molar-refractivity contribution in [1.82, 2.24) is 4.90 Å². The molecular formula is C23H29NO4. The lowest BCUT2D eigenvalue weighted by Gasteiger charge is -2.27. The topological polar surface area (TPSA) is 62.2 Å². The molecule has 2 aromatic carbocycles. The van der Waals surface area contributed by atoms with Crippen LogP contribution in [0.3, 0.4) is 0 Å². The molecule has 0 aromatic heterocycles. The standard InChI is InChI=1S/C23H29NO4/c1-27-20-7-3-5-16(9-20)22(25)15-24-13-17-11-23(26,12-18(17)14-24)19-6-4-8-21(10-19)28-2/h3-10,17-18,22,25-26H,11-15H2,1-2H3/t17-,18+,22?,23-. The summed E-state index contributed by atoms with van der Waals surface area (Å²) in [5.41, 5.74) is 1.05. The van der Waals surface area contributed by atoms with Gasteiger partial charge in [-0.05, 0) is 60.1 Å². The number of methoxy groups -OCH3 is 2. The van der Waals surface area contributed by atoms with Gasteiger partial charge in [0.1, 0.15) is 11.5 Å². The average molecular weight is 383 g/mol. The average Bonchev–Trinajstić information content (AvgIpc) is 3.22. The number of benzene rings is 2. The van der Waals surface area contributed by atoms with E-state index in [9.17, 15) is 10.2 Å². The molecule has 2 aliphatic rings. The van der Waals surface area contributed by atoms with E-state index < -0.39 is 11.7 Å². The smallest absolute Gasteiger partial charge is 0.119 e. The van der Waals surface area contributed by atoms with Crippen LogP contribution in [0.15, 0.2) is 48.5 Å². The summed E-state index contributed by atoms with van der Waals surface area (Å²) >= 11 is 0. The number of rotatable bonds is 6. The Morgan fingerprint density at radius 1 is 1.00 bits per heavy atom. The number of ether oxygens (including phenoxy) is 2. The van der Waals surface area contributed by atoms with Crippen LogP contribution in [0.5, 0.6) is 11.5 Å². The largest absolute Gasteiger partial charge is 0.497 e. The van der Waals surface area contributed by atoms with Crippen LogP contribution >= 0.6 is 0 Å². The van der Waals surface area contributed by atoms with Gasteiger partial charge in [0.2, 0.25) is 0 Å². The maximum absolute atomic E-state index is 11.3. The highest BCUT2D eigenvalue weighted by atomic mass is 16.5. The third-order valence-electron chi connectivity index (χ3n) is 6.37. The Morgan fingerprint density at radius 3 is 2.25 bits per heavy atom. The number of aliphatic hydroxyl groups excluding tert-OH is 1. The fraction of sp³-hybridized carbons (Fsp3) is 0.478. The summed E-state index contributed by atoms with van der Waals surface area (Å²) in [5.74, 6) is 2.45. The van der Waals surface area contributed by atoms with E-state index in [1.807, 2.05) is 48.5 Å². The second-order valence-electron chi connectivity index (χ2n) is 8.20. The van der Waals surface area contributed by atoms with Gasteiger partial charge < -0.3 is 19.7 Å². The first kappa shape index (κ1) is 19.2. The fourth-order valence-electron chi connectivity index (χ4n) is 4.95. The van der Waals surface area contributed by atoms with Gasteiger partial charge in [-0.3, -0.25) is 4.90 Å². The van der Waals surface area contributed by atoms with Gasteiger partial charge in [0.15, 0.2) is 0 Å². The van der Waals surface area contributed by atoms with E-state index in [1.165, 1.54) is 0 Å². The van der Waals surface area contributed by atoms with Crippen LogP contribution in [0.25, 0.3) is 0 Å². The molecule has 1 saturated carbocycles. The lowest BCUT2D eigenvalue weighted by Crippen LogP contribution is -2.31. The van der Waals surface area contributed by atoms with Gasteiger partial charge in [0.05, 0.1) is 25.9 Å². The monoisotopic (exact) mass is 383 g/mol. The maximum atomic E-state index is 11.3. The lowest BCUT2D eigenvalue weighted by molar-refractivity contribution is 0.0286. The first-order valence-corrected chi connectivity index (χ1v) is 9.92. The lowest BCUT2D eigenvalue weighted by atomic mass is 9.90. The van der Waals surface area contributed by atoms with Crippen LogP contribution in [0.2, 0.25) is 0 Å². The highest BCUT2D eigenvalue weighted by Gasteiger charge is 2.49. The molecule has 5 heteroatoms. The molecule has 2 N–H and O–H groups in total. The van der Waals surface area contributed by atoms with Gasteiger partial charge in [-0.25, -0.2) is 0 Å². The fourth-order valence-corrected chi connectivity index (χ4v) is 4.95. The molecule has 0 spiro atoms. The van der Waals surface area contributed by atoms with Crippen LogP contribution in [-0.4, -0.2) is 49.0 Å². The molecule has 150 valence electrons. The minimum atomic E-state index is -0.776. The van der Waals surface area contributed by atoms with E-state index in [0.29, 0.717) is 18.4 Å². The van der Waals surface area contributed by atoms with Gasteiger partial charge in [0, 0.05) is 19.6 Å². The van der Waals surface area contributed by atoms with Crippen LogP contribution < -0.4 is 9.47 Å². The number of likely N-dealkylation sites (tertiary alicyclic amines) is 1. The second-order valence-corrected chi connectivity index (χ2v) is 8.20. The van der Waals surface area contributed by atoms with Crippen LogP contribution in [0, 0.1) is 11.8 Å².